The minimum atomic E-state index is 1.02. The molecule has 1 aliphatic rings. The van der Waals surface area contributed by atoms with Crippen molar-refractivity contribution in [3.8, 4) is 5.75 Å². The van der Waals surface area contributed by atoms with Crippen molar-refractivity contribution in [3.63, 3.8) is 0 Å². The predicted molar refractivity (Wildman–Crippen MR) is 68.8 cm³/mol. The summed E-state index contributed by atoms with van der Waals surface area (Å²) in [7, 11) is 1.76. The molecule has 86 valence electrons. The molecule has 0 heterocycles. The van der Waals surface area contributed by atoms with Gasteiger partial charge in [0.05, 0.1) is 7.11 Å². The lowest BCUT2D eigenvalue weighted by atomic mass is 9.99. The second kappa shape index (κ2) is 5.20. The maximum absolute atomic E-state index is 5.48. The van der Waals surface area contributed by atoms with Crippen molar-refractivity contribution >= 4 is 5.57 Å². The highest BCUT2D eigenvalue weighted by molar-refractivity contribution is 5.71. The van der Waals surface area contributed by atoms with Gasteiger partial charge in [0.1, 0.15) is 5.75 Å². The molecule has 0 aliphatic heterocycles. The Hall–Kier alpha value is -1.24. The monoisotopic (exact) mass is 216 g/mol. The zero-order chi connectivity index (χ0) is 11.4. The average Bonchev–Trinajstić information content (AvgIpc) is 2.57. The van der Waals surface area contributed by atoms with Gasteiger partial charge in [-0.05, 0) is 49.8 Å². The molecule has 0 saturated heterocycles. The van der Waals surface area contributed by atoms with Crippen LogP contribution in [0.2, 0.25) is 0 Å². The molecule has 0 bridgehead atoms. The quantitative estimate of drug-likeness (QED) is 0.714. The molecule has 1 heteroatoms. The summed E-state index contributed by atoms with van der Waals surface area (Å²) in [4.78, 5) is 0. The molecule has 1 nitrogen and oxygen atoms in total. The fourth-order valence-electron chi connectivity index (χ4n) is 2.32. The molecule has 0 unspecified atom stereocenters. The number of ether oxygens (including phenoxy) is 1. The van der Waals surface area contributed by atoms with E-state index in [4.69, 9.17) is 4.74 Å². The fourth-order valence-corrected chi connectivity index (χ4v) is 2.32. The first-order valence-electron chi connectivity index (χ1n) is 6.15. The molecule has 1 aromatic carbocycles. The molecule has 0 radical (unpaired) electrons. The van der Waals surface area contributed by atoms with Gasteiger partial charge in [0.15, 0.2) is 0 Å². The van der Waals surface area contributed by atoms with E-state index in [9.17, 15) is 0 Å². The zero-order valence-electron chi connectivity index (χ0n) is 10.3. The third-order valence-electron chi connectivity index (χ3n) is 3.24. The van der Waals surface area contributed by atoms with Gasteiger partial charge in [-0.15, -0.1) is 0 Å². The van der Waals surface area contributed by atoms with Crippen LogP contribution in [0.25, 0.3) is 5.57 Å². The number of rotatable bonds is 2. The highest BCUT2D eigenvalue weighted by Crippen LogP contribution is 2.32. The van der Waals surface area contributed by atoms with E-state index >= 15 is 0 Å². The molecule has 1 aliphatic carbocycles. The molecular weight excluding hydrogens is 196 g/mol. The Kier molecular flexibility index (Phi) is 3.66. The van der Waals surface area contributed by atoms with Crippen molar-refractivity contribution < 1.29 is 4.74 Å². The van der Waals surface area contributed by atoms with Crippen molar-refractivity contribution in [2.24, 2.45) is 0 Å². The van der Waals surface area contributed by atoms with Crippen LogP contribution < -0.4 is 4.74 Å². The zero-order valence-corrected chi connectivity index (χ0v) is 10.3. The van der Waals surface area contributed by atoms with E-state index in [2.05, 4.69) is 31.2 Å². The molecular formula is C15H20O. The second-order valence-corrected chi connectivity index (χ2v) is 4.53. The summed E-state index contributed by atoms with van der Waals surface area (Å²) >= 11 is 0. The minimum Gasteiger partial charge on any atom is -0.496 e. The van der Waals surface area contributed by atoms with E-state index in [1.165, 1.54) is 48.8 Å². The van der Waals surface area contributed by atoms with Gasteiger partial charge in [0.2, 0.25) is 0 Å². The number of aryl methyl sites for hydroxylation is 1. The largest absolute Gasteiger partial charge is 0.496 e. The third kappa shape index (κ3) is 2.46. The van der Waals surface area contributed by atoms with Crippen LogP contribution >= 0.6 is 0 Å². The van der Waals surface area contributed by atoms with Crippen LogP contribution in [0.5, 0.6) is 5.75 Å². The molecule has 0 spiro atoms. The topological polar surface area (TPSA) is 9.23 Å². The lowest BCUT2D eigenvalue weighted by Gasteiger charge is -2.12. The summed E-state index contributed by atoms with van der Waals surface area (Å²) in [5.41, 5.74) is 4.01. The van der Waals surface area contributed by atoms with Crippen LogP contribution in [0.4, 0.5) is 0 Å². The Bertz CT molecular complexity index is 390. The summed E-state index contributed by atoms with van der Waals surface area (Å²) < 4.78 is 5.48. The number of hydrogen-bond donors (Lipinski definition) is 0. The molecule has 0 saturated carbocycles. The van der Waals surface area contributed by atoms with E-state index in [1.54, 1.807) is 7.11 Å². The van der Waals surface area contributed by atoms with Crippen molar-refractivity contribution in [3.05, 3.63) is 35.4 Å². The van der Waals surface area contributed by atoms with E-state index in [-0.39, 0.29) is 0 Å². The summed E-state index contributed by atoms with van der Waals surface area (Å²) in [6.07, 6.45) is 8.79. The van der Waals surface area contributed by atoms with Gasteiger partial charge in [-0.1, -0.05) is 24.6 Å². The lowest BCUT2D eigenvalue weighted by Crippen LogP contribution is -1.92. The Balaban J connectivity index is 2.34. The highest BCUT2D eigenvalue weighted by atomic mass is 16.5. The smallest absolute Gasteiger partial charge is 0.126 e. The van der Waals surface area contributed by atoms with Crippen molar-refractivity contribution in [2.75, 3.05) is 7.11 Å². The maximum Gasteiger partial charge on any atom is 0.126 e. The van der Waals surface area contributed by atoms with E-state index < -0.39 is 0 Å². The van der Waals surface area contributed by atoms with Crippen LogP contribution in [-0.2, 0) is 0 Å². The van der Waals surface area contributed by atoms with Gasteiger partial charge in [0, 0.05) is 5.56 Å². The van der Waals surface area contributed by atoms with E-state index in [0.29, 0.717) is 0 Å². The van der Waals surface area contributed by atoms with Crippen molar-refractivity contribution in [2.45, 2.75) is 39.0 Å². The molecule has 16 heavy (non-hydrogen) atoms. The Morgan fingerprint density at radius 1 is 1.12 bits per heavy atom. The summed E-state index contributed by atoms with van der Waals surface area (Å²) in [6, 6.07) is 6.50. The summed E-state index contributed by atoms with van der Waals surface area (Å²) in [5.74, 6) is 1.02. The number of methoxy groups -OCH3 is 1. The third-order valence-corrected chi connectivity index (χ3v) is 3.24. The minimum absolute atomic E-state index is 1.02. The normalized spacial score (nSPS) is 16.5. The van der Waals surface area contributed by atoms with Crippen LogP contribution in [0.1, 0.15) is 43.2 Å². The van der Waals surface area contributed by atoms with Gasteiger partial charge >= 0.3 is 0 Å². The van der Waals surface area contributed by atoms with Crippen molar-refractivity contribution in [1.82, 2.24) is 0 Å². The van der Waals surface area contributed by atoms with Gasteiger partial charge < -0.3 is 4.74 Å². The SMILES string of the molecule is COc1cc(C)ccc1C1=CCCCCC1. The molecule has 0 amide bonds. The molecule has 2 rings (SSSR count). The van der Waals surface area contributed by atoms with Gasteiger partial charge in [-0.25, -0.2) is 0 Å². The molecule has 1 aromatic rings. The Morgan fingerprint density at radius 2 is 2.00 bits per heavy atom. The highest BCUT2D eigenvalue weighted by Gasteiger charge is 2.10. The maximum atomic E-state index is 5.48. The second-order valence-electron chi connectivity index (χ2n) is 4.53. The van der Waals surface area contributed by atoms with Crippen LogP contribution in [0, 0.1) is 6.92 Å². The summed E-state index contributed by atoms with van der Waals surface area (Å²) in [6.45, 7) is 2.10. The number of allylic oxidation sites excluding steroid dienone is 2. The first kappa shape index (κ1) is 11.3. The van der Waals surface area contributed by atoms with Crippen molar-refractivity contribution in [1.29, 1.82) is 0 Å². The average molecular weight is 216 g/mol. The molecule has 0 N–H and O–H groups in total. The predicted octanol–water partition coefficient (Wildman–Crippen LogP) is 4.35. The first-order chi connectivity index (χ1) is 7.81. The van der Waals surface area contributed by atoms with E-state index in [0.717, 1.165) is 5.75 Å². The van der Waals surface area contributed by atoms with Gasteiger partial charge in [-0.2, -0.15) is 0 Å². The standard InChI is InChI=1S/C15H20O/c1-12-9-10-14(15(11-12)16-2)13-7-5-3-4-6-8-13/h7,9-11H,3-6,8H2,1-2H3. The first-order valence-corrected chi connectivity index (χ1v) is 6.15. The molecule has 0 atom stereocenters. The van der Waals surface area contributed by atoms with E-state index in [1.807, 2.05) is 0 Å². The summed E-state index contributed by atoms with van der Waals surface area (Å²) in [5, 5.41) is 0. The number of benzene rings is 1. The lowest BCUT2D eigenvalue weighted by molar-refractivity contribution is 0.413. The number of hydrogen-bond acceptors (Lipinski definition) is 1. The molecule has 0 aromatic heterocycles. The Morgan fingerprint density at radius 3 is 2.81 bits per heavy atom. The molecule has 0 fully saturated rings. The van der Waals surface area contributed by atoms with Gasteiger partial charge in [0.25, 0.3) is 0 Å². The van der Waals surface area contributed by atoms with Gasteiger partial charge in [-0.3, -0.25) is 0 Å². The fraction of sp³-hybridized carbons (Fsp3) is 0.467. The van der Waals surface area contributed by atoms with Crippen LogP contribution in [0.15, 0.2) is 24.3 Å². The van der Waals surface area contributed by atoms with Crippen LogP contribution in [0.3, 0.4) is 0 Å². The van der Waals surface area contributed by atoms with Crippen LogP contribution in [-0.4, -0.2) is 7.11 Å². The Labute approximate surface area is 98.1 Å².